The van der Waals surface area contributed by atoms with Crippen LogP contribution < -0.4 is 0 Å². The van der Waals surface area contributed by atoms with Crippen LogP contribution in [0.2, 0.25) is 0 Å². The largest absolute Gasteiger partial charge is 0.392 e. The molecule has 1 fully saturated rings. The van der Waals surface area contributed by atoms with Crippen molar-refractivity contribution >= 4 is 5.78 Å². The van der Waals surface area contributed by atoms with Gasteiger partial charge in [0.2, 0.25) is 0 Å². The zero-order valence-electron chi connectivity index (χ0n) is 8.49. The summed E-state index contributed by atoms with van der Waals surface area (Å²) < 4.78 is 0. The number of carbonyl (C=O) groups is 1. The van der Waals surface area contributed by atoms with Gasteiger partial charge in [-0.1, -0.05) is 25.2 Å². The molecule has 0 unspecified atom stereocenters. The number of ketones is 1. The molecule has 0 bridgehead atoms. The Kier molecular flexibility index (Phi) is 2.31. The Balaban J connectivity index is 2.30. The third-order valence-electron chi connectivity index (χ3n) is 3.59. The molecule has 0 aromatic heterocycles. The zero-order chi connectivity index (χ0) is 10.2. The van der Waals surface area contributed by atoms with E-state index in [4.69, 9.17) is 0 Å². The normalized spacial score (nSPS) is 36.6. The Morgan fingerprint density at radius 3 is 3.14 bits per heavy atom. The minimum absolute atomic E-state index is 0.0812. The predicted octanol–water partition coefficient (Wildman–Crippen LogP) is 1.85. The molecule has 0 amide bonds. The first-order chi connectivity index (χ1) is 6.65. The first kappa shape index (κ1) is 9.66. The van der Waals surface area contributed by atoms with Gasteiger partial charge in [0.25, 0.3) is 0 Å². The molecule has 0 aliphatic heterocycles. The molecule has 2 atom stereocenters. The number of carbonyl (C=O) groups excluding carboxylic acids is 1. The molecule has 1 saturated carbocycles. The standard InChI is InChI=1S/C12H16O2/c1-12-5-2-3-9(8-13)11(12)7-10(14)4-6-12/h2-3,5,11,13H,4,6-8H2,1H3/t11-,12-/m0/s1. The maximum absolute atomic E-state index is 11.4. The van der Waals surface area contributed by atoms with E-state index < -0.39 is 0 Å². The summed E-state index contributed by atoms with van der Waals surface area (Å²) in [6, 6.07) is 0. The van der Waals surface area contributed by atoms with Crippen molar-refractivity contribution in [3.8, 4) is 0 Å². The van der Waals surface area contributed by atoms with E-state index in [1.807, 2.05) is 12.2 Å². The highest BCUT2D eigenvalue weighted by Gasteiger charge is 2.40. The second kappa shape index (κ2) is 3.35. The summed E-state index contributed by atoms with van der Waals surface area (Å²) in [6.07, 6.45) is 8.36. The number of fused-ring (bicyclic) bond motifs is 1. The van der Waals surface area contributed by atoms with Crippen LogP contribution in [0, 0.1) is 11.3 Å². The summed E-state index contributed by atoms with van der Waals surface area (Å²) in [5, 5.41) is 9.22. The fraction of sp³-hybridized carbons (Fsp3) is 0.583. The van der Waals surface area contributed by atoms with Crippen LogP contribution in [0.1, 0.15) is 26.2 Å². The summed E-state index contributed by atoms with van der Waals surface area (Å²) in [7, 11) is 0. The van der Waals surface area contributed by atoms with Crippen LogP contribution in [0.15, 0.2) is 23.8 Å². The van der Waals surface area contributed by atoms with E-state index in [1.165, 1.54) is 0 Å². The van der Waals surface area contributed by atoms with Crippen molar-refractivity contribution < 1.29 is 9.90 Å². The smallest absolute Gasteiger partial charge is 0.133 e. The lowest BCUT2D eigenvalue weighted by Crippen LogP contribution is -2.36. The topological polar surface area (TPSA) is 37.3 Å². The van der Waals surface area contributed by atoms with Crippen LogP contribution in [0.3, 0.4) is 0 Å². The third kappa shape index (κ3) is 1.44. The number of hydrogen-bond acceptors (Lipinski definition) is 2. The molecule has 2 nitrogen and oxygen atoms in total. The van der Waals surface area contributed by atoms with E-state index in [0.717, 1.165) is 12.0 Å². The molecule has 0 aromatic rings. The first-order valence-electron chi connectivity index (χ1n) is 5.16. The molecule has 0 spiro atoms. The first-order valence-corrected chi connectivity index (χ1v) is 5.16. The molecule has 14 heavy (non-hydrogen) atoms. The van der Waals surface area contributed by atoms with Crippen LogP contribution in [-0.4, -0.2) is 17.5 Å². The average Bonchev–Trinajstić information content (AvgIpc) is 2.18. The van der Waals surface area contributed by atoms with Crippen LogP contribution in [-0.2, 0) is 4.79 Å². The van der Waals surface area contributed by atoms with E-state index in [0.29, 0.717) is 18.6 Å². The zero-order valence-corrected chi connectivity index (χ0v) is 8.49. The Hall–Kier alpha value is -0.890. The minimum Gasteiger partial charge on any atom is -0.392 e. The van der Waals surface area contributed by atoms with Gasteiger partial charge in [-0.25, -0.2) is 0 Å². The molecule has 76 valence electrons. The van der Waals surface area contributed by atoms with Crippen molar-refractivity contribution in [1.29, 1.82) is 0 Å². The van der Waals surface area contributed by atoms with Crippen molar-refractivity contribution in [2.45, 2.75) is 26.2 Å². The molecule has 2 rings (SSSR count). The highest BCUT2D eigenvalue weighted by Crippen LogP contribution is 2.46. The highest BCUT2D eigenvalue weighted by atomic mass is 16.3. The molecule has 2 aliphatic carbocycles. The second-order valence-electron chi connectivity index (χ2n) is 4.56. The van der Waals surface area contributed by atoms with E-state index in [2.05, 4.69) is 13.0 Å². The second-order valence-corrected chi connectivity index (χ2v) is 4.56. The highest BCUT2D eigenvalue weighted by molar-refractivity contribution is 5.80. The van der Waals surface area contributed by atoms with Gasteiger partial charge in [0.1, 0.15) is 5.78 Å². The van der Waals surface area contributed by atoms with E-state index in [-0.39, 0.29) is 17.9 Å². The predicted molar refractivity (Wildman–Crippen MR) is 54.8 cm³/mol. The molecule has 0 radical (unpaired) electrons. The number of Topliss-reactive ketones (excluding diaryl/α,β-unsaturated/α-hetero) is 1. The number of allylic oxidation sites excluding steroid dienone is 3. The lowest BCUT2D eigenvalue weighted by atomic mass is 9.62. The van der Waals surface area contributed by atoms with Crippen molar-refractivity contribution in [3.05, 3.63) is 23.8 Å². The molecule has 0 aromatic carbocycles. The minimum atomic E-state index is 0.0812. The number of aliphatic hydroxyl groups is 1. The SMILES string of the molecule is C[C@@]12C=CC=C(CO)[C@@H]1CC(=O)CC2. The van der Waals surface area contributed by atoms with Crippen LogP contribution in [0.25, 0.3) is 0 Å². The molecule has 0 heterocycles. The summed E-state index contributed by atoms with van der Waals surface area (Å²) in [5.74, 6) is 0.570. The Morgan fingerprint density at radius 2 is 2.43 bits per heavy atom. The monoisotopic (exact) mass is 192 g/mol. The van der Waals surface area contributed by atoms with Gasteiger partial charge in [-0.15, -0.1) is 0 Å². The molecule has 1 N–H and O–H groups in total. The number of hydrogen-bond donors (Lipinski definition) is 1. The molecule has 2 heteroatoms. The Labute approximate surface area is 84.3 Å². The fourth-order valence-corrected chi connectivity index (χ4v) is 2.57. The van der Waals surface area contributed by atoms with Gasteiger partial charge in [-0.3, -0.25) is 4.79 Å². The van der Waals surface area contributed by atoms with Gasteiger partial charge in [0, 0.05) is 12.8 Å². The van der Waals surface area contributed by atoms with Gasteiger partial charge in [0.05, 0.1) is 6.61 Å². The van der Waals surface area contributed by atoms with Gasteiger partial charge >= 0.3 is 0 Å². The van der Waals surface area contributed by atoms with E-state index in [1.54, 1.807) is 0 Å². The van der Waals surface area contributed by atoms with Gasteiger partial charge < -0.3 is 5.11 Å². The Morgan fingerprint density at radius 1 is 1.64 bits per heavy atom. The lowest BCUT2D eigenvalue weighted by Gasteiger charge is -2.41. The molecular weight excluding hydrogens is 176 g/mol. The maximum Gasteiger partial charge on any atom is 0.133 e. The van der Waals surface area contributed by atoms with E-state index >= 15 is 0 Å². The van der Waals surface area contributed by atoms with Crippen molar-refractivity contribution in [2.75, 3.05) is 6.61 Å². The van der Waals surface area contributed by atoms with Crippen LogP contribution >= 0.6 is 0 Å². The summed E-state index contributed by atoms with van der Waals surface area (Å²) in [5.41, 5.74) is 1.11. The average molecular weight is 192 g/mol. The molecule has 0 saturated heterocycles. The summed E-state index contributed by atoms with van der Waals surface area (Å²) >= 11 is 0. The summed E-state index contributed by atoms with van der Waals surface area (Å²) in [6.45, 7) is 2.27. The number of aliphatic hydroxyl groups excluding tert-OH is 1. The molecule has 2 aliphatic rings. The van der Waals surface area contributed by atoms with E-state index in [9.17, 15) is 9.90 Å². The number of rotatable bonds is 1. The van der Waals surface area contributed by atoms with Crippen molar-refractivity contribution in [2.24, 2.45) is 11.3 Å². The van der Waals surface area contributed by atoms with Gasteiger partial charge in [0.15, 0.2) is 0 Å². The van der Waals surface area contributed by atoms with Crippen molar-refractivity contribution in [1.82, 2.24) is 0 Å². The van der Waals surface area contributed by atoms with Crippen LogP contribution in [0.4, 0.5) is 0 Å². The van der Waals surface area contributed by atoms with Gasteiger partial charge in [-0.2, -0.15) is 0 Å². The fourth-order valence-electron chi connectivity index (χ4n) is 2.57. The quantitative estimate of drug-likeness (QED) is 0.688. The van der Waals surface area contributed by atoms with Gasteiger partial charge in [-0.05, 0) is 23.3 Å². The molecular formula is C12H16O2. The third-order valence-corrected chi connectivity index (χ3v) is 3.59. The Bertz CT molecular complexity index is 314. The maximum atomic E-state index is 11.4. The summed E-state index contributed by atoms with van der Waals surface area (Å²) in [4.78, 5) is 11.4. The van der Waals surface area contributed by atoms with Crippen LogP contribution in [0.5, 0.6) is 0 Å². The van der Waals surface area contributed by atoms with Crippen molar-refractivity contribution in [3.63, 3.8) is 0 Å². The lowest BCUT2D eigenvalue weighted by molar-refractivity contribution is -0.123.